The first-order valence-electron chi connectivity index (χ1n) is 7.41. The Balaban J connectivity index is 1.70. The van der Waals surface area contributed by atoms with Gasteiger partial charge in [0, 0.05) is 23.2 Å². The molecule has 1 fully saturated rings. The molecule has 21 heavy (non-hydrogen) atoms. The lowest BCUT2D eigenvalue weighted by molar-refractivity contribution is 0.589. The summed E-state index contributed by atoms with van der Waals surface area (Å²) >= 11 is 1.59. The minimum atomic E-state index is -0.109. The Labute approximate surface area is 130 Å². The normalized spacial score (nSPS) is 14.4. The van der Waals surface area contributed by atoms with Gasteiger partial charge in [-0.05, 0) is 37.0 Å². The predicted octanol–water partition coefficient (Wildman–Crippen LogP) is 4.68. The van der Waals surface area contributed by atoms with Gasteiger partial charge in [-0.2, -0.15) is 0 Å². The molecule has 0 radical (unpaired) electrons. The number of hydrogen-bond donors (Lipinski definition) is 1. The van der Waals surface area contributed by atoms with Crippen molar-refractivity contribution in [3.05, 3.63) is 65.0 Å². The molecule has 1 N–H and O–H groups in total. The van der Waals surface area contributed by atoms with Gasteiger partial charge < -0.3 is 5.32 Å². The number of halogens is 1. The summed E-state index contributed by atoms with van der Waals surface area (Å²) in [6.45, 7) is 2.85. The maximum atomic E-state index is 14.1. The molecular formula is C18H20FNS. The first-order valence-corrected chi connectivity index (χ1v) is 8.40. The molecule has 3 heteroatoms. The molecule has 2 aromatic rings. The maximum absolute atomic E-state index is 14.1. The first-order chi connectivity index (χ1) is 10.2. The van der Waals surface area contributed by atoms with Crippen LogP contribution in [-0.2, 0) is 12.3 Å². The molecule has 0 spiro atoms. The highest BCUT2D eigenvalue weighted by Gasteiger charge is 2.21. The number of nitrogens with one attached hydrogen (secondary N) is 1. The fourth-order valence-corrected chi connectivity index (χ4v) is 3.38. The van der Waals surface area contributed by atoms with Gasteiger partial charge in [-0.1, -0.05) is 42.0 Å². The van der Waals surface area contributed by atoms with Gasteiger partial charge in [0.1, 0.15) is 5.82 Å². The van der Waals surface area contributed by atoms with Crippen molar-refractivity contribution in [2.45, 2.75) is 43.0 Å². The van der Waals surface area contributed by atoms with Crippen LogP contribution in [-0.4, -0.2) is 6.04 Å². The van der Waals surface area contributed by atoms with Crippen LogP contribution in [0.2, 0.25) is 0 Å². The molecule has 0 amide bonds. The van der Waals surface area contributed by atoms with Crippen LogP contribution in [0.3, 0.4) is 0 Å². The highest BCUT2D eigenvalue weighted by molar-refractivity contribution is 7.98. The van der Waals surface area contributed by atoms with Crippen molar-refractivity contribution in [3.63, 3.8) is 0 Å². The zero-order valence-electron chi connectivity index (χ0n) is 12.2. The van der Waals surface area contributed by atoms with E-state index in [1.165, 1.54) is 24.0 Å². The molecule has 2 aromatic carbocycles. The number of rotatable bonds is 6. The summed E-state index contributed by atoms with van der Waals surface area (Å²) in [5, 5.41) is 3.47. The molecule has 3 rings (SSSR count). The van der Waals surface area contributed by atoms with Crippen molar-refractivity contribution in [1.82, 2.24) is 5.32 Å². The third-order valence-electron chi connectivity index (χ3n) is 3.67. The molecule has 0 unspecified atom stereocenters. The Hall–Kier alpha value is -1.32. The van der Waals surface area contributed by atoms with E-state index >= 15 is 0 Å². The van der Waals surface area contributed by atoms with E-state index in [1.807, 2.05) is 6.07 Å². The van der Waals surface area contributed by atoms with Crippen LogP contribution in [0.25, 0.3) is 0 Å². The standard InChI is InChI=1S/C18H20FNS/c1-13-4-2-5-14(10-13)12-21-18-15(6-3-7-17(18)19)11-20-16-8-9-16/h2-7,10,16,20H,8-9,11-12H2,1H3. The largest absolute Gasteiger partial charge is 0.310 e. The van der Waals surface area contributed by atoms with Gasteiger partial charge in [0.25, 0.3) is 0 Å². The van der Waals surface area contributed by atoms with E-state index in [1.54, 1.807) is 23.9 Å². The average molecular weight is 301 g/mol. The zero-order chi connectivity index (χ0) is 14.7. The van der Waals surface area contributed by atoms with E-state index in [0.29, 0.717) is 6.04 Å². The molecule has 0 heterocycles. The number of thioether (sulfide) groups is 1. The first kappa shape index (κ1) is 14.6. The molecule has 1 saturated carbocycles. The lowest BCUT2D eigenvalue weighted by Gasteiger charge is -2.11. The predicted molar refractivity (Wildman–Crippen MR) is 87.0 cm³/mol. The van der Waals surface area contributed by atoms with E-state index in [-0.39, 0.29) is 5.82 Å². The van der Waals surface area contributed by atoms with Crippen LogP contribution in [0, 0.1) is 12.7 Å². The van der Waals surface area contributed by atoms with Gasteiger partial charge in [-0.25, -0.2) is 4.39 Å². The van der Waals surface area contributed by atoms with Crippen LogP contribution in [0.1, 0.15) is 29.5 Å². The Morgan fingerprint density at radius 3 is 2.76 bits per heavy atom. The molecule has 110 valence electrons. The quantitative estimate of drug-likeness (QED) is 0.778. The third-order valence-corrected chi connectivity index (χ3v) is 4.90. The van der Waals surface area contributed by atoms with Gasteiger partial charge in [0.05, 0.1) is 0 Å². The minimum absolute atomic E-state index is 0.109. The van der Waals surface area contributed by atoms with Crippen molar-refractivity contribution >= 4 is 11.8 Å². The van der Waals surface area contributed by atoms with Crippen molar-refractivity contribution in [3.8, 4) is 0 Å². The van der Waals surface area contributed by atoms with Crippen LogP contribution in [0.5, 0.6) is 0 Å². The Bertz CT molecular complexity index is 622. The summed E-state index contributed by atoms with van der Waals surface area (Å²) in [7, 11) is 0. The topological polar surface area (TPSA) is 12.0 Å². The van der Waals surface area contributed by atoms with E-state index in [0.717, 1.165) is 22.8 Å². The Morgan fingerprint density at radius 1 is 1.19 bits per heavy atom. The van der Waals surface area contributed by atoms with Crippen molar-refractivity contribution in [1.29, 1.82) is 0 Å². The highest BCUT2D eigenvalue weighted by Crippen LogP contribution is 2.30. The van der Waals surface area contributed by atoms with E-state index in [4.69, 9.17) is 0 Å². The van der Waals surface area contributed by atoms with E-state index in [9.17, 15) is 4.39 Å². The second-order valence-corrected chi connectivity index (χ2v) is 6.65. The second kappa shape index (κ2) is 6.63. The maximum Gasteiger partial charge on any atom is 0.137 e. The smallest absolute Gasteiger partial charge is 0.137 e. The number of hydrogen-bond acceptors (Lipinski definition) is 2. The monoisotopic (exact) mass is 301 g/mol. The summed E-state index contributed by atoms with van der Waals surface area (Å²) in [4.78, 5) is 0.784. The molecule has 0 aliphatic heterocycles. The zero-order valence-corrected chi connectivity index (χ0v) is 13.0. The van der Waals surface area contributed by atoms with Crippen LogP contribution >= 0.6 is 11.8 Å². The second-order valence-electron chi connectivity index (χ2n) is 5.66. The Kier molecular flexibility index (Phi) is 4.61. The molecule has 0 atom stereocenters. The van der Waals surface area contributed by atoms with Crippen molar-refractivity contribution in [2.75, 3.05) is 0 Å². The molecule has 1 aliphatic carbocycles. The summed E-state index contributed by atoms with van der Waals surface area (Å²) < 4.78 is 14.1. The third kappa shape index (κ3) is 4.08. The van der Waals surface area contributed by atoms with E-state index < -0.39 is 0 Å². The molecular weight excluding hydrogens is 281 g/mol. The average Bonchev–Trinajstić information content (AvgIpc) is 3.28. The lowest BCUT2D eigenvalue weighted by Crippen LogP contribution is -2.16. The fourth-order valence-electron chi connectivity index (χ4n) is 2.35. The van der Waals surface area contributed by atoms with Crippen LogP contribution in [0.4, 0.5) is 4.39 Å². The Morgan fingerprint density at radius 2 is 2.00 bits per heavy atom. The van der Waals surface area contributed by atoms with Gasteiger partial charge in [0.2, 0.25) is 0 Å². The fraction of sp³-hybridized carbons (Fsp3) is 0.333. The van der Waals surface area contributed by atoms with Gasteiger partial charge in [-0.3, -0.25) is 0 Å². The number of aryl methyl sites for hydroxylation is 1. The molecule has 0 aromatic heterocycles. The van der Waals surface area contributed by atoms with Crippen molar-refractivity contribution in [2.24, 2.45) is 0 Å². The van der Waals surface area contributed by atoms with Crippen molar-refractivity contribution < 1.29 is 4.39 Å². The molecule has 1 aliphatic rings. The molecule has 0 bridgehead atoms. The van der Waals surface area contributed by atoms with Crippen LogP contribution < -0.4 is 5.32 Å². The SMILES string of the molecule is Cc1cccc(CSc2c(F)cccc2CNC2CC2)c1. The van der Waals surface area contributed by atoms with Gasteiger partial charge in [0.15, 0.2) is 0 Å². The molecule has 0 saturated heterocycles. The lowest BCUT2D eigenvalue weighted by atomic mass is 10.2. The summed E-state index contributed by atoms with van der Waals surface area (Å²) in [6, 6.07) is 14.4. The number of benzene rings is 2. The minimum Gasteiger partial charge on any atom is -0.310 e. The van der Waals surface area contributed by atoms with Crippen LogP contribution in [0.15, 0.2) is 47.4 Å². The van der Waals surface area contributed by atoms with Gasteiger partial charge >= 0.3 is 0 Å². The van der Waals surface area contributed by atoms with Gasteiger partial charge in [-0.15, -0.1) is 11.8 Å². The molecule has 1 nitrogen and oxygen atoms in total. The summed E-state index contributed by atoms with van der Waals surface area (Å²) in [5.41, 5.74) is 3.56. The summed E-state index contributed by atoms with van der Waals surface area (Å²) in [6.07, 6.45) is 2.50. The highest BCUT2D eigenvalue weighted by atomic mass is 32.2. The summed E-state index contributed by atoms with van der Waals surface area (Å²) in [5.74, 6) is 0.696. The van der Waals surface area contributed by atoms with E-state index in [2.05, 4.69) is 36.5 Å².